The zero-order valence-corrected chi connectivity index (χ0v) is 31.6. The van der Waals surface area contributed by atoms with E-state index in [1.807, 2.05) is 11.3 Å². The van der Waals surface area contributed by atoms with Gasteiger partial charge >= 0.3 is 0 Å². The summed E-state index contributed by atoms with van der Waals surface area (Å²) in [5, 5.41) is 7.54. The standard InChI is InChI=1S/C53H37NS/c1-53(2)47-15-8-6-13-44(47)45-28-27-43(33-48(45)53)54(49-16-10-18-51-52(49)46-14-7-9-17-50(46)55-51)42-26-25-35-19-20-40(31-41(35)32-42)39-24-23-37-29-36(21-22-38(37)30-39)34-11-4-3-5-12-34/h3-33H,1-2H3. The zero-order valence-electron chi connectivity index (χ0n) is 30.8. The van der Waals surface area contributed by atoms with Crippen molar-refractivity contribution < 1.29 is 0 Å². The molecule has 10 aromatic rings. The van der Waals surface area contributed by atoms with Gasteiger partial charge in [-0.25, -0.2) is 0 Å². The maximum absolute atomic E-state index is 2.49. The van der Waals surface area contributed by atoms with Gasteiger partial charge in [0.25, 0.3) is 0 Å². The molecule has 0 fully saturated rings. The van der Waals surface area contributed by atoms with E-state index in [0.29, 0.717) is 0 Å². The fourth-order valence-corrected chi connectivity index (χ4v) is 10.1. The SMILES string of the molecule is CC1(C)c2ccccc2-c2ccc(N(c3ccc4ccc(-c5ccc6cc(-c7ccccc7)ccc6c5)cc4c3)c3cccc4sc5ccccc5c34)cc21. The summed E-state index contributed by atoms with van der Waals surface area (Å²) in [4.78, 5) is 2.49. The summed E-state index contributed by atoms with van der Waals surface area (Å²) in [5.41, 5.74) is 13.8. The predicted octanol–water partition coefficient (Wildman–Crippen LogP) is 15.5. The molecular weight excluding hydrogens is 683 g/mol. The molecule has 0 bridgehead atoms. The van der Waals surface area contributed by atoms with Gasteiger partial charge in [-0.2, -0.15) is 0 Å². The molecule has 55 heavy (non-hydrogen) atoms. The number of anilines is 3. The van der Waals surface area contributed by atoms with Gasteiger partial charge in [-0.1, -0.05) is 141 Å². The molecule has 0 saturated heterocycles. The van der Waals surface area contributed by atoms with Gasteiger partial charge in [-0.3, -0.25) is 0 Å². The molecule has 0 saturated carbocycles. The van der Waals surface area contributed by atoms with Gasteiger partial charge in [0.1, 0.15) is 0 Å². The molecule has 260 valence electrons. The Balaban J connectivity index is 1.07. The molecule has 0 N–H and O–H groups in total. The molecule has 0 atom stereocenters. The Labute approximate surface area is 325 Å². The second-order valence-corrected chi connectivity index (χ2v) is 16.5. The first kappa shape index (κ1) is 32.0. The first-order chi connectivity index (χ1) is 27.0. The van der Waals surface area contributed by atoms with E-state index in [0.717, 1.165) is 5.69 Å². The van der Waals surface area contributed by atoms with E-state index in [1.165, 1.54) is 97.6 Å². The molecule has 0 aliphatic heterocycles. The summed E-state index contributed by atoms with van der Waals surface area (Å²) < 4.78 is 2.61. The summed E-state index contributed by atoms with van der Waals surface area (Å²) in [6, 6.07) is 69.7. The summed E-state index contributed by atoms with van der Waals surface area (Å²) >= 11 is 1.87. The highest BCUT2D eigenvalue weighted by Gasteiger charge is 2.36. The third-order valence-corrected chi connectivity index (χ3v) is 12.9. The minimum Gasteiger partial charge on any atom is -0.310 e. The van der Waals surface area contributed by atoms with Crippen molar-refractivity contribution in [2.75, 3.05) is 4.90 Å². The normalized spacial score (nSPS) is 13.1. The van der Waals surface area contributed by atoms with Gasteiger partial charge in [0, 0.05) is 37.0 Å². The van der Waals surface area contributed by atoms with Crippen LogP contribution in [0, 0.1) is 0 Å². The fourth-order valence-electron chi connectivity index (χ4n) is 8.99. The van der Waals surface area contributed by atoms with Gasteiger partial charge in [0.2, 0.25) is 0 Å². The van der Waals surface area contributed by atoms with Crippen LogP contribution in [0.3, 0.4) is 0 Å². The molecule has 1 heterocycles. The number of hydrogen-bond acceptors (Lipinski definition) is 2. The first-order valence-electron chi connectivity index (χ1n) is 19.1. The number of fused-ring (bicyclic) bond motifs is 8. The minimum absolute atomic E-state index is 0.101. The summed E-state index contributed by atoms with van der Waals surface area (Å²) in [7, 11) is 0. The van der Waals surface area contributed by atoms with Crippen molar-refractivity contribution in [2.24, 2.45) is 0 Å². The summed E-state index contributed by atoms with van der Waals surface area (Å²) in [5.74, 6) is 0. The van der Waals surface area contributed by atoms with Crippen LogP contribution in [-0.2, 0) is 5.41 Å². The number of rotatable bonds is 5. The smallest absolute Gasteiger partial charge is 0.0554 e. The Morgan fingerprint density at radius 3 is 1.82 bits per heavy atom. The van der Waals surface area contributed by atoms with Crippen molar-refractivity contribution in [3.05, 3.63) is 199 Å². The molecule has 0 radical (unpaired) electrons. The monoisotopic (exact) mass is 719 g/mol. The molecule has 11 rings (SSSR count). The molecular formula is C53H37NS. The highest BCUT2D eigenvalue weighted by atomic mass is 32.1. The Morgan fingerprint density at radius 2 is 1.00 bits per heavy atom. The first-order valence-corrected chi connectivity index (χ1v) is 19.9. The maximum Gasteiger partial charge on any atom is 0.0554 e. The van der Waals surface area contributed by atoms with E-state index < -0.39 is 0 Å². The molecule has 1 aliphatic carbocycles. The number of benzene rings is 9. The van der Waals surface area contributed by atoms with Crippen LogP contribution in [0.1, 0.15) is 25.0 Å². The molecule has 0 amide bonds. The van der Waals surface area contributed by atoms with E-state index in [4.69, 9.17) is 0 Å². The fraction of sp³-hybridized carbons (Fsp3) is 0.0566. The summed E-state index contributed by atoms with van der Waals surface area (Å²) in [6.45, 7) is 4.73. The average Bonchev–Trinajstić information content (AvgIpc) is 3.73. The largest absolute Gasteiger partial charge is 0.310 e. The average molecular weight is 720 g/mol. The topological polar surface area (TPSA) is 3.24 Å². The highest BCUT2D eigenvalue weighted by molar-refractivity contribution is 7.26. The maximum atomic E-state index is 2.49. The lowest BCUT2D eigenvalue weighted by molar-refractivity contribution is 0.660. The highest BCUT2D eigenvalue weighted by Crippen LogP contribution is 2.52. The molecule has 1 aromatic heterocycles. The van der Waals surface area contributed by atoms with Gasteiger partial charge < -0.3 is 4.90 Å². The molecule has 9 aromatic carbocycles. The van der Waals surface area contributed by atoms with Crippen LogP contribution in [0.5, 0.6) is 0 Å². The lowest BCUT2D eigenvalue weighted by atomic mass is 9.82. The van der Waals surface area contributed by atoms with E-state index in [2.05, 4.69) is 207 Å². The van der Waals surface area contributed by atoms with Crippen molar-refractivity contribution in [3.8, 4) is 33.4 Å². The van der Waals surface area contributed by atoms with Crippen molar-refractivity contribution in [1.82, 2.24) is 0 Å². The third kappa shape index (κ3) is 5.13. The van der Waals surface area contributed by atoms with E-state index in [-0.39, 0.29) is 5.41 Å². The van der Waals surface area contributed by atoms with E-state index in [9.17, 15) is 0 Å². The number of nitrogens with zero attached hydrogens (tertiary/aromatic N) is 1. The van der Waals surface area contributed by atoms with Crippen LogP contribution in [0.4, 0.5) is 17.1 Å². The Kier molecular flexibility index (Phi) is 7.14. The lowest BCUT2D eigenvalue weighted by Crippen LogP contribution is -2.16. The predicted molar refractivity (Wildman–Crippen MR) is 237 cm³/mol. The van der Waals surface area contributed by atoms with Crippen molar-refractivity contribution in [1.29, 1.82) is 0 Å². The number of thiophene rings is 1. The van der Waals surface area contributed by atoms with E-state index in [1.54, 1.807) is 0 Å². The lowest BCUT2D eigenvalue weighted by Gasteiger charge is -2.29. The van der Waals surface area contributed by atoms with Gasteiger partial charge in [-0.15, -0.1) is 11.3 Å². The second kappa shape index (κ2) is 12.3. The molecule has 1 aliphatic rings. The van der Waals surface area contributed by atoms with Crippen LogP contribution < -0.4 is 4.90 Å². The van der Waals surface area contributed by atoms with Crippen molar-refractivity contribution in [2.45, 2.75) is 19.3 Å². The van der Waals surface area contributed by atoms with Gasteiger partial charge in [0.15, 0.2) is 0 Å². The Morgan fingerprint density at radius 1 is 0.400 bits per heavy atom. The third-order valence-electron chi connectivity index (χ3n) is 11.8. The van der Waals surface area contributed by atoms with E-state index >= 15 is 0 Å². The van der Waals surface area contributed by atoms with Crippen LogP contribution in [-0.4, -0.2) is 0 Å². The Bertz CT molecular complexity index is 3130. The van der Waals surface area contributed by atoms with Gasteiger partial charge in [0.05, 0.1) is 5.69 Å². The zero-order chi connectivity index (χ0) is 36.7. The molecule has 2 heteroatoms. The van der Waals surface area contributed by atoms with Crippen LogP contribution in [0.25, 0.3) is 75.1 Å². The molecule has 1 nitrogen and oxygen atoms in total. The number of hydrogen-bond donors (Lipinski definition) is 0. The Hall–Kier alpha value is -6.48. The van der Waals surface area contributed by atoms with Crippen molar-refractivity contribution >= 4 is 70.1 Å². The second-order valence-electron chi connectivity index (χ2n) is 15.4. The quantitative estimate of drug-likeness (QED) is 0.171. The van der Waals surface area contributed by atoms with Crippen LogP contribution >= 0.6 is 11.3 Å². The van der Waals surface area contributed by atoms with Crippen molar-refractivity contribution in [3.63, 3.8) is 0 Å². The van der Waals surface area contributed by atoms with Crippen LogP contribution in [0.2, 0.25) is 0 Å². The minimum atomic E-state index is -0.101. The molecule has 0 spiro atoms. The molecule has 0 unspecified atom stereocenters. The van der Waals surface area contributed by atoms with Gasteiger partial charge in [-0.05, 0) is 127 Å². The van der Waals surface area contributed by atoms with Crippen LogP contribution in [0.15, 0.2) is 188 Å². The summed E-state index contributed by atoms with van der Waals surface area (Å²) in [6.07, 6.45) is 0.